The quantitative estimate of drug-likeness (QED) is 0.350. The zero-order valence-electron chi connectivity index (χ0n) is 17.4. The van der Waals surface area contributed by atoms with Crippen LogP contribution in [-0.2, 0) is 16.1 Å². The maximum Gasteiger partial charge on any atom is 0.295 e. The number of phenols is 1. The molecule has 1 amide bonds. The highest BCUT2D eigenvalue weighted by atomic mass is 16.5. The fourth-order valence-corrected chi connectivity index (χ4v) is 3.82. The summed E-state index contributed by atoms with van der Waals surface area (Å²) in [6, 6.07) is 15.7. The Balaban J connectivity index is 1.85. The summed E-state index contributed by atoms with van der Waals surface area (Å²) in [5, 5.41) is 21.2. The monoisotopic (exact) mass is 430 g/mol. The Hall–Kier alpha value is -4.13. The second kappa shape index (κ2) is 8.93. The number of Topliss-reactive ketones (excluding diaryl/α,β-unsaturated/α-hetero) is 1. The third-order valence-corrected chi connectivity index (χ3v) is 5.25. The van der Waals surface area contributed by atoms with Crippen LogP contribution in [0.2, 0.25) is 0 Å². The predicted molar refractivity (Wildman–Crippen MR) is 118 cm³/mol. The highest BCUT2D eigenvalue weighted by Gasteiger charge is 2.46. The van der Waals surface area contributed by atoms with Gasteiger partial charge in [0.25, 0.3) is 11.7 Å². The van der Waals surface area contributed by atoms with E-state index < -0.39 is 17.7 Å². The number of aliphatic hydroxyl groups excluding tert-OH is 1. The number of rotatable bonds is 6. The van der Waals surface area contributed by atoms with Crippen molar-refractivity contribution < 1.29 is 24.5 Å². The van der Waals surface area contributed by atoms with Crippen LogP contribution in [-0.4, -0.2) is 38.4 Å². The molecule has 0 spiro atoms. The largest absolute Gasteiger partial charge is 0.508 e. The van der Waals surface area contributed by atoms with Crippen LogP contribution in [0.3, 0.4) is 0 Å². The Morgan fingerprint density at radius 1 is 1.06 bits per heavy atom. The van der Waals surface area contributed by atoms with E-state index in [1.54, 1.807) is 60.9 Å². The number of pyridine rings is 1. The number of ketones is 1. The maximum absolute atomic E-state index is 13.1. The van der Waals surface area contributed by atoms with Crippen LogP contribution >= 0.6 is 0 Å². The molecule has 1 fully saturated rings. The number of benzene rings is 2. The normalized spacial score (nSPS) is 17.5. The fraction of sp³-hybridized carbons (Fsp3) is 0.160. The second-order valence-corrected chi connectivity index (χ2v) is 7.34. The number of hydrogen-bond donors (Lipinski definition) is 2. The number of hydrogen-bond acceptors (Lipinski definition) is 6. The third kappa shape index (κ3) is 4.05. The van der Waals surface area contributed by atoms with Crippen molar-refractivity contribution in [2.24, 2.45) is 0 Å². The van der Waals surface area contributed by atoms with E-state index in [0.717, 1.165) is 5.56 Å². The van der Waals surface area contributed by atoms with E-state index in [4.69, 9.17) is 4.74 Å². The van der Waals surface area contributed by atoms with Crippen LogP contribution in [0.15, 0.2) is 78.6 Å². The number of nitrogens with zero attached hydrogens (tertiary/aromatic N) is 2. The summed E-state index contributed by atoms with van der Waals surface area (Å²) >= 11 is 0. The molecule has 0 unspecified atom stereocenters. The van der Waals surface area contributed by atoms with Crippen molar-refractivity contribution in [3.8, 4) is 11.5 Å². The smallest absolute Gasteiger partial charge is 0.295 e. The number of carbonyl (C=O) groups excluding carboxylic acids is 2. The van der Waals surface area contributed by atoms with Crippen molar-refractivity contribution in [2.75, 3.05) is 6.61 Å². The lowest BCUT2D eigenvalue weighted by molar-refractivity contribution is -0.140. The van der Waals surface area contributed by atoms with Gasteiger partial charge < -0.3 is 19.8 Å². The van der Waals surface area contributed by atoms with Gasteiger partial charge in [0.05, 0.1) is 18.2 Å². The SMILES string of the molecule is CCOc1cccc(C(O)=C2C(=O)C(=O)N(Cc3ccncc3)[C@H]2c2cccc(O)c2)c1. The Morgan fingerprint density at radius 3 is 2.53 bits per heavy atom. The van der Waals surface area contributed by atoms with E-state index in [-0.39, 0.29) is 23.6 Å². The van der Waals surface area contributed by atoms with Gasteiger partial charge in [0, 0.05) is 24.5 Å². The number of aromatic nitrogens is 1. The van der Waals surface area contributed by atoms with Gasteiger partial charge in [-0.3, -0.25) is 14.6 Å². The summed E-state index contributed by atoms with van der Waals surface area (Å²) in [4.78, 5) is 31.5. The van der Waals surface area contributed by atoms with Crippen molar-refractivity contribution in [3.63, 3.8) is 0 Å². The molecular formula is C25H22N2O5. The van der Waals surface area contributed by atoms with Gasteiger partial charge in [-0.2, -0.15) is 0 Å². The molecule has 0 saturated carbocycles. The lowest BCUT2D eigenvalue weighted by Gasteiger charge is -2.25. The van der Waals surface area contributed by atoms with E-state index in [0.29, 0.717) is 23.5 Å². The van der Waals surface area contributed by atoms with Crippen LogP contribution in [0.25, 0.3) is 5.76 Å². The van der Waals surface area contributed by atoms with Gasteiger partial charge in [-0.25, -0.2) is 0 Å². The zero-order chi connectivity index (χ0) is 22.7. The Labute approximate surface area is 185 Å². The number of carbonyl (C=O) groups is 2. The lowest BCUT2D eigenvalue weighted by Crippen LogP contribution is -2.29. The topological polar surface area (TPSA) is 100.0 Å². The Bertz CT molecular complexity index is 1190. The molecule has 0 aliphatic carbocycles. The molecule has 2 N–H and O–H groups in total. The summed E-state index contributed by atoms with van der Waals surface area (Å²) in [6.07, 6.45) is 3.21. The van der Waals surface area contributed by atoms with E-state index in [1.807, 2.05) is 6.92 Å². The van der Waals surface area contributed by atoms with Crippen LogP contribution in [0, 0.1) is 0 Å². The number of phenolic OH excluding ortho intramolecular Hbond substituents is 1. The van der Waals surface area contributed by atoms with Crippen molar-refractivity contribution in [1.29, 1.82) is 0 Å². The number of likely N-dealkylation sites (tertiary alicyclic amines) is 1. The molecule has 1 atom stereocenters. The van der Waals surface area contributed by atoms with Crippen molar-refractivity contribution in [1.82, 2.24) is 9.88 Å². The van der Waals surface area contributed by atoms with Crippen LogP contribution in [0.1, 0.15) is 29.7 Å². The summed E-state index contributed by atoms with van der Waals surface area (Å²) in [5.74, 6) is -1.27. The molecule has 1 aliphatic heterocycles. The minimum absolute atomic E-state index is 0.00431. The van der Waals surface area contributed by atoms with Crippen LogP contribution < -0.4 is 4.74 Å². The first-order valence-electron chi connectivity index (χ1n) is 10.2. The number of aliphatic hydroxyl groups is 1. The summed E-state index contributed by atoms with van der Waals surface area (Å²) in [7, 11) is 0. The number of amides is 1. The average Bonchev–Trinajstić information content (AvgIpc) is 3.05. The first kappa shape index (κ1) is 21.1. The molecule has 1 aromatic heterocycles. The Kier molecular flexibility index (Phi) is 5.89. The lowest BCUT2D eigenvalue weighted by atomic mass is 9.95. The molecule has 2 heterocycles. The van der Waals surface area contributed by atoms with E-state index in [2.05, 4.69) is 4.98 Å². The highest BCUT2D eigenvalue weighted by molar-refractivity contribution is 6.46. The molecule has 1 saturated heterocycles. The van der Waals surface area contributed by atoms with Gasteiger partial charge in [-0.15, -0.1) is 0 Å². The molecular weight excluding hydrogens is 408 g/mol. The van der Waals surface area contributed by atoms with E-state index >= 15 is 0 Å². The molecule has 3 aromatic rings. The molecule has 4 rings (SSSR count). The number of aromatic hydroxyl groups is 1. The fourth-order valence-electron chi connectivity index (χ4n) is 3.82. The Morgan fingerprint density at radius 2 is 1.81 bits per heavy atom. The van der Waals surface area contributed by atoms with Gasteiger partial charge >= 0.3 is 0 Å². The second-order valence-electron chi connectivity index (χ2n) is 7.34. The van der Waals surface area contributed by atoms with Gasteiger partial charge in [-0.05, 0) is 54.4 Å². The standard InChI is InChI=1S/C25H22N2O5/c1-2-32-20-8-4-6-18(14-20)23(29)21-22(17-5-3-7-19(28)13-17)27(25(31)24(21)30)15-16-9-11-26-12-10-16/h3-14,22,28-29H,2,15H2,1H3/t22-/m0/s1. The van der Waals surface area contributed by atoms with E-state index in [9.17, 15) is 19.8 Å². The molecule has 2 aromatic carbocycles. The van der Waals surface area contributed by atoms with Crippen molar-refractivity contribution in [2.45, 2.75) is 19.5 Å². The molecule has 32 heavy (non-hydrogen) atoms. The molecule has 1 aliphatic rings. The first-order valence-corrected chi connectivity index (χ1v) is 10.2. The molecule has 162 valence electrons. The van der Waals surface area contributed by atoms with Gasteiger partial charge in [0.1, 0.15) is 17.3 Å². The molecule has 0 radical (unpaired) electrons. The van der Waals surface area contributed by atoms with Crippen LogP contribution in [0.4, 0.5) is 0 Å². The molecule has 7 nitrogen and oxygen atoms in total. The number of ether oxygens (including phenoxy) is 1. The summed E-state index contributed by atoms with van der Waals surface area (Å²) in [5.41, 5.74) is 1.62. The van der Waals surface area contributed by atoms with E-state index in [1.165, 1.54) is 17.0 Å². The molecule has 0 bridgehead atoms. The summed E-state index contributed by atoms with van der Waals surface area (Å²) < 4.78 is 5.50. The average molecular weight is 430 g/mol. The first-order chi connectivity index (χ1) is 15.5. The minimum Gasteiger partial charge on any atom is -0.508 e. The van der Waals surface area contributed by atoms with Crippen LogP contribution in [0.5, 0.6) is 11.5 Å². The predicted octanol–water partition coefficient (Wildman–Crippen LogP) is 3.81. The zero-order valence-corrected chi connectivity index (χ0v) is 17.4. The highest BCUT2D eigenvalue weighted by Crippen LogP contribution is 2.41. The minimum atomic E-state index is -0.869. The summed E-state index contributed by atoms with van der Waals surface area (Å²) in [6.45, 7) is 2.44. The van der Waals surface area contributed by atoms with Gasteiger partial charge in [0.2, 0.25) is 0 Å². The van der Waals surface area contributed by atoms with Crippen molar-refractivity contribution >= 4 is 17.4 Å². The van der Waals surface area contributed by atoms with Crippen molar-refractivity contribution in [3.05, 3.63) is 95.3 Å². The maximum atomic E-state index is 13.1. The van der Waals surface area contributed by atoms with Gasteiger partial charge in [0.15, 0.2) is 0 Å². The molecule has 7 heteroatoms. The van der Waals surface area contributed by atoms with Gasteiger partial charge in [-0.1, -0.05) is 24.3 Å². The third-order valence-electron chi connectivity index (χ3n) is 5.25.